The zero-order valence-electron chi connectivity index (χ0n) is 7.69. The molecule has 2 nitrogen and oxygen atoms in total. The van der Waals surface area contributed by atoms with Crippen LogP contribution in [0.4, 0.5) is 0 Å². The Bertz CT molecular complexity index is 447. The van der Waals surface area contributed by atoms with Crippen molar-refractivity contribution in [3.63, 3.8) is 0 Å². The van der Waals surface area contributed by atoms with Crippen LogP contribution in [-0.4, -0.2) is 10.2 Å². The minimum atomic E-state index is 0.121. The summed E-state index contributed by atoms with van der Waals surface area (Å²) in [6, 6.07) is 7.04. The van der Waals surface area contributed by atoms with Crippen LogP contribution in [0, 0.1) is 6.92 Å². The summed E-state index contributed by atoms with van der Waals surface area (Å²) in [6.07, 6.45) is 0. The summed E-state index contributed by atoms with van der Waals surface area (Å²) >= 11 is 1.56. The minimum absolute atomic E-state index is 0.121. The van der Waals surface area contributed by atoms with Gasteiger partial charge in [0.25, 0.3) is 0 Å². The van der Waals surface area contributed by atoms with Gasteiger partial charge in [0.1, 0.15) is 11.5 Å². The van der Waals surface area contributed by atoms with E-state index in [9.17, 15) is 10.2 Å². The topological polar surface area (TPSA) is 40.5 Å². The highest BCUT2D eigenvalue weighted by atomic mass is 32.1. The van der Waals surface area contributed by atoms with Crippen molar-refractivity contribution >= 4 is 11.3 Å². The van der Waals surface area contributed by atoms with E-state index in [0.29, 0.717) is 0 Å². The fourth-order valence-electron chi connectivity index (χ4n) is 1.31. The summed E-state index contributed by atoms with van der Waals surface area (Å²) < 4.78 is 0. The lowest BCUT2D eigenvalue weighted by molar-refractivity contribution is 0.449. The van der Waals surface area contributed by atoms with E-state index in [-0.39, 0.29) is 11.5 Å². The molecule has 0 fully saturated rings. The van der Waals surface area contributed by atoms with E-state index in [2.05, 4.69) is 0 Å². The predicted molar refractivity (Wildman–Crippen MR) is 57.8 cm³/mol. The second-order valence-corrected chi connectivity index (χ2v) is 4.08. The molecule has 3 heteroatoms. The molecular formula is C11H10O2S. The lowest BCUT2D eigenvalue weighted by Gasteiger charge is -2.05. The first-order valence-electron chi connectivity index (χ1n) is 4.25. The smallest absolute Gasteiger partial charge is 0.127 e. The molecule has 0 atom stereocenters. The van der Waals surface area contributed by atoms with Gasteiger partial charge in [0.05, 0.1) is 0 Å². The van der Waals surface area contributed by atoms with Crippen LogP contribution in [0.15, 0.2) is 29.6 Å². The maximum atomic E-state index is 9.63. The monoisotopic (exact) mass is 206 g/mol. The van der Waals surface area contributed by atoms with Gasteiger partial charge in [0.15, 0.2) is 0 Å². The van der Waals surface area contributed by atoms with Gasteiger partial charge in [0, 0.05) is 16.5 Å². The lowest BCUT2D eigenvalue weighted by Crippen LogP contribution is -1.79. The van der Waals surface area contributed by atoms with Crippen molar-refractivity contribution in [2.75, 3.05) is 0 Å². The predicted octanol–water partition coefficient (Wildman–Crippen LogP) is 3.13. The molecule has 0 saturated carbocycles. The van der Waals surface area contributed by atoms with E-state index in [1.807, 2.05) is 24.4 Å². The highest BCUT2D eigenvalue weighted by molar-refractivity contribution is 7.13. The second kappa shape index (κ2) is 3.35. The quantitative estimate of drug-likeness (QED) is 0.752. The molecule has 72 valence electrons. The van der Waals surface area contributed by atoms with E-state index >= 15 is 0 Å². The van der Waals surface area contributed by atoms with Gasteiger partial charge in [-0.2, -0.15) is 0 Å². The van der Waals surface area contributed by atoms with E-state index in [1.54, 1.807) is 17.4 Å². The zero-order chi connectivity index (χ0) is 10.1. The molecule has 0 aliphatic heterocycles. The van der Waals surface area contributed by atoms with Crippen molar-refractivity contribution < 1.29 is 10.2 Å². The molecule has 0 aliphatic rings. The number of phenolic OH excluding ortho intramolecular Hbond substituents is 2. The van der Waals surface area contributed by atoms with Crippen LogP contribution >= 0.6 is 11.3 Å². The van der Waals surface area contributed by atoms with Crippen LogP contribution < -0.4 is 0 Å². The standard InChI is InChI=1S/C11H10O2S/c1-7-5-8(10(13)6-9(7)12)11-3-2-4-14-11/h2-6,12-13H,1H3. The first kappa shape index (κ1) is 9.09. The fraction of sp³-hybridized carbons (Fsp3) is 0.0909. The summed E-state index contributed by atoms with van der Waals surface area (Å²) in [4.78, 5) is 1.01. The summed E-state index contributed by atoms with van der Waals surface area (Å²) in [5, 5.41) is 21.0. The summed E-state index contributed by atoms with van der Waals surface area (Å²) in [5.41, 5.74) is 1.54. The highest BCUT2D eigenvalue weighted by Gasteiger charge is 2.08. The number of hydrogen-bond donors (Lipinski definition) is 2. The Kier molecular flexibility index (Phi) is 2.17. The Hall–Kier alpha value is -1.48. The van der Waals surface area contributed by atoms with Gasteiger partial charge in [0.2, 0.25) is 0 Å². The molecule has 1 aromatic carbocycles. The van der Waals surface area contributed by atoms with Crippen LogP contribution in [-0.2, 0) is 0 Å². The van der Waals surface area contributed by atoms with Crippen molar-refractivity contribution in [2.24, 2.45) is 0 Å². The van der Waals surface area contributed by atoms with Gasteiger partial charge < -0.3 is 10.2 Å². The summed E-state index contributed by atoms with van der Waals surface area (Å²) in [7, 11) is 0. The fourth-order valence-corrected chi connectivity index (χ4v) is 2.07. The molecule has 14 heavy (non-hydrogen) atoms. The molecule has 2 N–H and O–H groups in total. The van der Waals surface area contributed by atoms with Gasteiger partial charge in [-0.3, -0.25) is 0 Å². The number of phenols is 2. The molecule has 2 aromatic rings. The second-order valence-electron chi connectivity index (χ2n) is 3.13. The van der Waals surface area contributed by atoms with Crippen molar-refractivity contribution in [3.05, 3.63) is 35.2 Å². The number of hydrogen-bond acceptors (Lipinski definition) is 3. The Morgan fingerprint density at radius 3 is 2.57 bits per heavy atom. The Balaban J connectivity index is 2.60. The number of aryl methyl sites for hydroxylation is 1. The first-order chi connectivity index (χ1) is 6.68. The maximum Gasteiger partial charge on any atom is 0.127 e. The van der Waals surface area contributed by atoms with Crippen molar-refractivity contribution in [1.29, 1.82) is 0 Å². The molecule has 0 saturated heterocycles. The number of benzene rings is 1. The normalized spacial score (nSPS) is 10.4. The van der Waals surface area contributed by atoms with Crippen LogP contribution in [0.5, 0.6) is 11.5 Å². The third kappa shape index (κ3) is 1.46. The van der Waals surface area contributed by atoms with E-state index in [4.69, 9.17) is 0 Å². The molecule has 0 amide bonds. The Morgan fingerprint density at radius 1 is 1.14 bits per heavy atom. The lowest BCUT2D eigenvalue weighted by atomic mass is 10.1. The molecule has 0 aliphatic carbocycles. The summed E-state index contributed by atoms with van der Waals surface area (Å²) in [6.45, 7) is 1.81. The summed E-state index contributed by atoms with van der Waals surface area (Å²) in [5.74, 6) is 0.248. The van der Waals surface area contributed by atoms with Crippen molar-refractivity contribution in [2.45, 2.75) is 6.92 Å². The average Bonchev–Trinajstić information content (AvgIpc) is 2.64. The SMILES string of the molecule is Cc1cc(-c2cccs2)c(O)cc1O. The highest BCUT2D eigenvalue weighted by Crippen LogP contribution is 2.36. The van der Waals surface area contributed by atoms with Crippen LogP contribution in [0.2, 0.25) is 0 Å². The average molecular weight is 206 g/mol. The maximum absolute atomic E-state index is 9.63. The van der Waals surface area contributed by atoms with Crippen molar-refractivity contribution in [3.8, 4) is 21.9 Å². The van der Waals surface area contributed by atoms with Gasteiger partial charge in [-0.25, -0.2) is 0 Å². The molecule has 2 rings (SSSR count). The van der Waals surface area contributed by atoms with Crippen LogP contribution in [0.1, 0.15) is 5.56 Å². The van der Waals surface area contributed by atoms with E-state index in [1.165, 1.54) is 6.07 Å². The minimum Gasteiger partial charge on any atom is -0.508 e. The van der Waals surface area contributed by atoms with Crippen molar-refractivity contribution in [1.82, 2.24) is 0 Å². The van der Waals surface area contributed by atoms with Gasteiger partial charge in [-0.1, -0.05) is 6.07 Å². The van der Waals surface area contributed by atoms with Gasteiger partial charge in [-0.15, -0.1) is 11.3 Å². The zero-order valence-corrected chi connectivity index (χ0v) is 8.51. The number of rotatable bonds is 1. The van der Waals surface area contributed by atoms with Gasteiger partial charge >= 0.3 is 0 Å². The number of aromatic hydroxyl groups is 2. The molecular weight excluding hydrogens is 196 g/mol. The molecule has 1 aromatic heterocycles. The molecule has 0 radical (unpaired) electrons. The Morgan fingerprint density at radius 2 is 1.93 bits per heavy atom. The van der Waals surface area contributed by atoms with Gasteiger partial charge in [-0.05, 0) is 30.0 Å². The van der Waals surface area contributed by atoms with Crippen LogP contribution in [0.25, 0.3) is 10.4 Å². The number of thiophene rings is 1. The largest absolute Gasteiger partial charge is 0.508 e. The van der Waals surface area contributed by atoms with E-state index < -0.39 is 0 Å². The first-order valence-corrected chi connectivity index (χ1v) is 5.13. The van der Waals surface area contributed by atoms with Crippen LogP contribution in [0.3, 0.4) is 0 Å². The third-order valence-corrected chi connectivity index (χ3v) is 3.00. The molecule has 0 unspecified atom stereocenters. The van der Waals surface area contributed by atoms with E-state index in [0.717, 1.165) is 16.0 Å². The third-order valence-electron chi connectivity index (χ3n) is 2.10. The molecule has 1 heterocycles. The Labute approximate surface area is 86.1 Å². The molecule has 0 spiro atoms. The molecule has 0 bridgehead atoms.